The second kappa shape index (κ2) is 6.13. The van der Waals surface area contributed by atoms with Crippen molar-refractivity contribution in [3.05, 3.63) is 57.0 Å². The van der Waals surface area contributed by atoms with Crippen molar-refractivity contribution in [2.24, 2.45) is 0 Å². The average Bonchev–Trinajstić information content (AvgIpc) is 2.50. The van der Waals surface area contributed by atoms with Crippen LogP contribution < -0.4 is 10.9 Å². The highest BCUT2D eigenvalue weighted by molar-refractivity contribution is 5.88. The van der Waals surface area contributed by atoms with Gasteiger partial charge in [0.2, 0.25) is 5.91 Å². The highest BCUT2D eigenvalue weighted by atomic mass is 16.1. The van der Waals surface area contributed by atoms with E-state index in [0.717, 1.165) is 53.8 Å². The number of H-pyrrole nitrogens is 1. The molecule has 0 spiro atoms. The number of rotatable bonds is 3. The van der Waals surface area contributed by atoms with E-state index >= 15 is 0 Å². The quantitative estimate of drug-likeness (QED) is 0.912. The highest BCUT2D eigenvalue weighted by Crippen LogP contribution is 2.22. The molecule has 0 saturated carbocycles. The van der Waals surface area contributed by atoms with Crippen molar-refractivity contribution in [1.29, 1.82) is 0 Å². The summed E-state index contributed by atoms with van der Waals surface area (Å²) in [6.45, 7) is 1.49. The lowest BCUT2D eigenvalue weighted by Crippen LogP contribution is -2.23. The SMILES string of the molecule is CC(=O)Nc1cccc(Cc2n[nH]c(=O)c3c2CCCC3)c1. The largest absolute Gasteiger partial charge is 0.326 e. The summed E-state index contributed by atoms with van der Waals surface area (Å²) in [4.78, 5) is 23.0. The number of hydrogen-bond donors (Lipinski definition) is 2. The summed E-state index contributed by atoms with van der Waals surface area (Å²) in [6, 6.07) is 7.73. The third-order valence-electron chi connectivity index (χ3n) is 4.00. The average molecular weight is 297 g/mol. The van der Waals surface area contributed by atoms with Crippen molar-refractivity contribution in [2.75, 3.05) is 5.32 Å². The molecule has 3 rings (SSSR count). The van der Waals surface area contributed by atoms with E-state index in [9.17, 15) is 9.59 Å². The summed E-state index contributed by atoms with van der Waals surface area (Å²) in [5, 5.41) is 9.66. The van der Waals surface area contributed by atoms with Crippen molar-refractivity contribution in [1.82, 2.24) is 10.2 Å². The molecular formula is C17H19N3O2. The second-order valence-electron chi connectivity index (χ2n) is 5.72. The van der Waals surface area contributed by atoms with Gasteiger partial charge in [0.05, 0.1) is 5.69 Å². The van der Waals surface area contributed by atoms with Gasteiger partial charge in [-0.1, -0.05) is 12.1 Å². The van der Waals surface area contributed by atoms with E-state index in [2.05, 4.69) is 15.5 Å². The number of nitrogens with one attached hydrogen (secondary N) is 2. The fourth-order valence-electron chi connectivity index (χ4n) is 3.03. The van der Waals surface area contributed by atoms with Crippen molar-refractivity contribution in [3.63, 3.8) is 0 Å². The number of benzene rings is 1. The second-order valence-corrected chi connectivity index (χ2v) is 5.72. The number of carbonyl (C=O) groups excluding carboxylic acids is 1. The van der Waals surface area contributed by atoms with E-state index in [4.69, 9.17) is 0 Å². The minimum Gasteiger partial charge on any atom is -0.326 e. The Labute approximate surface area is 128 Å². The zero-order chi connectivity index (χ0) is 15.5. The molecule has 114 valence electrons. The standard InChI is InChI=1S/C17H19N3O2/c1-11(21)18-13-6-4-5-12(9-13)10-16-14-7-2-3-8-15(14)17(22)20-19-16/h4-6,9H,2-3,7-8,10H2,1H3,(H,18,21)(H,20,22). The third kappa shape index (κ3) is 3.08. The molecule has 1 aliphatic carbocycles. The topological polar surface area (TPSA) is 74.8 Å². The lowest BCUT2D eigenvalue weighted by molar-refractivity contribution is -0.114. The minimum absolute atomic E-state index is 0.0505. The first-order valence-corrected chi connectivity index (χ1v) is 7.59. The number of anilines is 1. The molecule has 0 saturated heterocycles. The van der Waals surface area contributed by atoms with E-state index in [1.807, 2.05) is 24.3 Å². The van der Waals surface area contributed by atoms with E-state index in [1.54, 1.807) is 0 Å². The molecule has 1 amide bonds. The minimum atomic E-state index is -0.0864. The monoisotopic (exact) mass is 297 g/mol. The number of aromatic nitrogens is 2. The maximum atomic E-state index is 11.9. The van der Waals surface area contributed by atoms with Crippen LogP contribution in [0.2, 0.25) is 0 Å². The maximum absolute atomic E-state index is 11.9. The summed E-state index contributed by atoms with van der Waals surface area (Å²) in [5.74, 6) is -0.0864. The summed E-state index contributed by atoms with van der Waals surface area (Å²) in [7, 11) is 0. The normalized spacial score (nSPS) is 13.5. The molecule has 0 unspecified atom stereocenters. The number of fused-ring (bicyclic) bond motifs is 1. The Morgan fingerprint density at radius 3 is 2.82 bits per heavy atom. The number of amides is 1. The molecule has 1 heterocycles. The van der Waals surface area contributed by atoms with Gasteiger partial charge in [0, 0.05) is 24.6 Å². The van der Waals surface area contributed by atoms with E-state index in [1.165, 1.54) is 6.92 Å². The van der Waals surface area contributed by atoms with E-state index in [-0.39, 0.29) is 11.5 Å². The lowest BCUT2D eigenvalue weighted by Gasteiger charge is -2.17. The first-order chi connectivity index (χ1) is 10.6. The molecule has 0 fully saturated rings. The molecule has 0 radical (unpaired) electrons. The maximum Gasteiger partial charge on any atom is 0.267 e. The molecule has 5 nitrogen and oxygen atoms in total. The van der Waals surface area contributed by atoms with Crippen LogP contribution in [0.15, 0.2) is 29.1 Å². The Bertz CT molecular complexity index is 765. The van der Waals surface area contributed by atoms with Crippen LogP contribution in [0.4, 0.5) is 5.69 Å². The number of hydrogen-bond acceptors (Lipinski definition) is 3. The summed E-state index contributed by atoms with van der Waals surface area (Å²) in [5.41, 5.74) is 4.75. The van der Waals surface area contributed by atoms with Crippen molar-refractivity contribution >= 4 is 11.6 Å². The molecule has 0 bridgehead atoms. The molecule has 0 atom stereocenters. The lowest BCUT2D eigenvalue weighted by atomic mass is 9.90. The van der Waals surface area contributed by atoms with Gasteiger partial charge in [0.15, 0.2) is 0 Å². The van der Waals surface area contributed by atoms with Crippen LogP contribution in [0.5, 0.6) is 0 Å². The zero-order valence-corrected chi connectivity index (χ0v) is 12.6. The molecule has 2 aromatic rings. The summed E-state index contributed by atoms with van der Waals surface area (Å²) >= 11 is 0. The summed E-state index contributed by atoms with van der Waals surface area (Å²) in [6.07, 6.45) is 4.60. The number of aromatic amines is 1. The summed E-state index contributed by atoms with van der Waals surface area (Å²) < 4.78 is 0. The van der Waals surface area contributed by atoms with Gasteiger partial charge in [0.25, 0.3) is 5.56 Å². The smallest absolute Gasteiger partial charge is 0.267 e. The van der Waals surface area contributed by atoms with E-state index in [0.29, 0.717) is 6.42 Å². The third-order valence-corrected chi connectivity index (χ3v) is 4.00. The predicted molar refractivity (Wildman–Crippen MR) is 85.1 cm³/mol. The van der Waals surface area contributed by atoms with Gasteiger partial charge in [0.1, 0.15) is 0 Å². The van der Waals surface area contributed by atoms with Crippen LogP contribution in [0.1, 0.15) is 42.1 Å². The first kappa shape index (κ1) is 14.5. The molecule has 2 N–H and O–H groups in total. The number of nitrogens with zero attached hydrogens (tertiary/aromatic N) is 1. The molecule has 0 aliphatic heterocycles. The predicted octanol–water partition coefficient (Wildman–Crippen LogP) is 2.20. The van der Waals surface area contributed by atoms with Crippen LogP contribution in [0, 0.1) is 0 Å². The van der Waals surface area contributed by atoms with Crippen LogP contribution in [-0.2, 0) is 24.1 Å². The molecule has 22 heavy (non-hydrogen) atoms. The van der Waals surface area contributed by atoms with Crippen LogP contribution in [0.3, 0.4) is 0 Å². The van der Waals surface area contributed by atoms with Gasteiger partial charge in [-0.2, -0.15) is 5.10 Å². The zero-order valence-electron chi connectivity index (χ0n) is 12.6. The first-order valence-electron chi connectivity index (χ1n) is 7.59. The Hall–Kier alpha value is -2.43. The van der Waals surface area contributed by atoms with Crippen molar-refractivity contribution in [3.8, 4) is 0 Å². The Kier molecular flexibility index (Phi) is 4.04. The Balaban J connectivity index is 1.90. The molecule has 5 heteroatoms. The Morgan fingerprint density at radius 2 is 2.05 bits per heavy atom. The van der Waals surface area contributed by atoms with Gasteiger partial charge in [-0.3, -0.25) is 9.59 Å². The van der Waals surface area contributed by atoms with Gasteiger partial charge >= 0.3 is 0 Å². The molecular weight excluding hydrogens is 278 g/mol. The highest BCUT2D eigenvalue weighted by Gasteiger charge is 2.17. The molecule has 1 aliphatic rings. The van der Waals surface area contributed by atoms with Gasteiger partial charge in [-0.25, -0.2) is 5.10 Å². The van der Waals surface area contributed by atoms with Gasteiger partial charge < -0.3 is 5.32 Å². The van der Waals surface area contributed by atoms with Gasteiger partial charge in [-0.05, 0) is 48.9 Å². The van der Waals surface area contributed by atoms with E-state index < -0.39 is 0 Å². The molecule has 1 aromatic carbocycles. The fraction of sp³-hybridized carbons (Fsp3) is 0.353. The van der Waals surface area contributed by atoms with Crippen LogP contribution in [0.25, 0.3) is 0 Å². The fourth-order valence-corrected chi connectivity index (χ4v) is 3.03. The van der Waals surface area contributed by atoms with Crippen molar-refractivity contribution in [2.45, 2.75) is 39.0 Å². The Morgan fingerprint density at radius 1 is 1.27 bits per heavy atom. The number of carbonyl (C=O) groups is 1. The van der Waals surface area contributed by atoms with Crippen LogP contribution in [-0.4, -0.2) is 16.1 Å². The van der Waals surface area contributed by atoms with Gasteiger partial charge in [-0.15, -0.1) is 0 Å². The van der Waals surface area contributed by atoms with Crippen LogP contribution >= 0.6 is 0 Å². The van der Waals surface area contributed by atoms with Crippen molar-refractivity contribution < 1.29 is 4.79 Å². The molecule has 1 aromatic heterocycles.